The minimum atomic E-state index is 0.0740. The molecule has 1 saturated heterocycles. The Hall–Kier alpha value is -1.50. The zero-order valence-corrected chi connectivity index (χ0v) is 10.6. The molecule has 19 heavy (non-hydrogen) atoms. The van der Waals surface area contributed by atoms with Crippen LogP contribution in [0.15, 0.2) is 12.1 Å². The molecule has 2 N–H and O–H groups in total. The van der Waals surface area contributed by atoms with Crippen LogP contribution >= 0.6 is 0 Å². The van der Waals surface area contributed by atoms with Crippen molar-refractivity contribution < 1.29 is 24.1 Å². The standard InChI is InChI=1S/C13H17NO5/c15-11-4-13-12(18-8-19-13)3-9(11)5-14-6-10-7-16-1-2-17-10/h3-4,10,14-15H,1-2,5-8H2. The van der Waals surface area contributed by atoms with Crippen LogP contribution in [0.25, 0.3) is 0 Å². The summed E-state index contributed by atoms with van der Waals surface area (Å²) < 4.78 is 21.3. The molecular formula is C13H17NO5. The molecule has 1 aromatic rings. The van der Waals surface area contributed by atoms with Crippen molar-refractivity contribution in [2.24, 2.45) is 0 Å². The topological polar surface area (TPSA) is 69.2 Å². The number of phenols is 1. The number of ether oxygens (including phenoxy) is 4. The third-order valence-corrected chi connectivity index (χ3v) is 3.15. The van der Waals surface area contributed by atoms with Crippen LogP contribution < -0.4 is 14.8 Å². The van der Waals surface area contributed by atoms with Crippen LogP contribution in [0.1, 0.15) is 5.56 Å². The molecule has 104 valence electrons. The average Bonchev–Trinajstić information content (AvgIpc) is 2.87. The third-order valence-electron chi connectivity index (χ3n) is 3.15. The van der Waals surface area contributed by atoms with Crippen molar-refractivity contribution in [3.63, 3.8) is 0 Å². The molecule has 0 spiro atoms. The first-order valence-corrected chi connectivity index (χ1v) is 6.34. The van der Waals surface area contributed by atoms with Gasteiger partial charge in [-0.05, 0) is 6.07 Å². The normalized spacial score (nSPS) is 21.6. The molecule has 2 aliphatic rings. The molecule has 3 rings (SSSR count). The van der Waals surface area contributed by atoms with E-state index in [1.165, 1.54) is 0 Å². The lowest BCUT2D eigenvalue weighted by Gasteiger charge is -2.23. The number of aromatic hydroxyl groups is 1. The van der Waals surface area contributed by atoms with Crippen LogP contribution in [-0.2, 0) is 16.0 Å². The van der Waals surface area contributed by atoms with Crippen LogP contribution in [0.5, 0.6) is 17.2 Å². The van der Waals surface area contributed by atoms with Gasteiger partial charge < -0.3 is 29.4 Å². The van der Waals surface area contributed by atoms with Gasteiger partial charge in [-0.3, -0.25) is 0 Å². The number of fused-ring (bicyclic) bond motifs is 1. The average molecular weight is 267 g/mol. The fourth-order valence-corrected chi connectivity index (χ4v) is 2.14. The van der Waals surface area contributed by atoms with Gasteiger partial charge in [0.15, 0.2) is 11.5 Å². The Kier molecular flexibility index (Phi) is 3.72. The van der Waals surface area contributed by atoms with Gasteiger partial charge in [-0.2, -0.15) is 0 Å². The van der Waals surface area contributed by atoms with E-state index in [9.17, 15) is 5.11 Å². The summed E-state index contributed by atoms with van der Waals surface area (Å²) in [5.41, 5.74) is 0.779. The molecule has 0 aromatic heterocycles. The highest BCUT2D eigenvalue weighted by atomic mass is 16.7. The molecular weight excluding hydrogens is 250 g/mol. The van der Waals surface area contributed by atoms with E-state index in [1.54, 1.807) is 12.1 Å². The van der Waals surface area contributed by atoms with E-state index in [0.29, 0.717) is 44.4 Å². The van der Waals surface area contributed by atoms with Crippen LogP contribution in [0, 0.1) is 0 Å². The van der Waals surface area contributed by atoms with Crippen molar-refractivity contribution in [3.05, 3.63) is 17.7 Å². The van der Waals surface area contributed by atoms with E-state index in [-0.39, 0.29) is 18.6 Å². The number of hydrogen-bond donors (Lipinski definition) is 2. The Morgan fingerprint density at radius 3 is 2.84 bits per heavy atom. The molecule has 0 amide bonds. The number of phenolic OH excluding ortho intramolecular Hbond substituents is 1. The summed E-state index contributed by atoms with van der Waals surface area (Å²) in [4.78, 5) is 0. The summed E-state index contributed by atoms with van der Waals surface area (Å²) in [5, 5.41) is 13.1. The molecule has 1 aromatic carbocycles. The van der Waals surface area contributed by atoms with Crippen molar-refractivity contribution in [3.8, 4) is 17.2 Å². The van der Waals surface area contributed by atoms with E-state index in [4.69, 9.17) is 18.9 Å². The Bertz CT molecular complexity index is 445. The second-order valence-electron chi connectivity index (χ2n) is 4.53. The monoisotopic (exact) mass is 267 g/mol. The lowest BCUT2D eigenvalue weighted by atomic mass is 10.1. The van der Waals surface area contributed by atoms with E-state index >= 15 is 0 Å². The Balaban J connectivity index is 1.54. The van der Waals surface area contributed by atoms with Crippen LogP contribution in [-0.4, -0.2) is 44.4 Å². The summed E-state index contributed by atoms with van der Waals surface area (Å²) in [7, 11) is 0. The predicted molar refractivity (Wildman–Crippen MR) is 66.5 cm³/mol. The highest BCUT2D eigenvalue weighted by molar-refractivity contribution is 5.51. The van der Waals surface area contributed by atoms with Gasteiger partial charge in [0.1, 0.15) is 5.75 Å². The minimum absolute atomic E-state index is 0.0740. The smallest absolute Gasteiger partial charge is 0.231 e. The van der Waals surface area contributed by atoms with E-state index in [2.05, 4.69) is 5.32 Å². The molecule has 2 heterocycles. The quantitative estimate of drug-likeness (QED) is 0.833. The van der Waals surface area contributed by atoms with Gasteiger partial charge in [0.2, 0.25) is 6.79 Å². The molecule has 2 aliphatic heterocycles. The fourth-order valence-electron chi connectivity index (χ4n) is 2.14. The summed E-state index contributed by atoms with van der Waals surface area (Å²) in [6, 6.07) is 3.38. The van der Waals surface area contributed by atoms with Gasteiger partial charge in [0.05, 0.1) is 25.9 Å². The molecule has 1 atom stereocenters. The van der Waals surface area contributed by atoms with Crippen molar-refractivity contribution in [1.82, 2.24) is 5.32 Å². The van der Waals surface area contributed by atoms with Gasteiger partial charge in [-0.25, -0.2) is 0 Å². The number of nitrogens with one attached hydrogen (secondary N) is 1. The molecule has 0 aliphatic carbocycles. The van der Waals surface area contributed by atoms with E-state index < -0.39 is 0 Å². The van der Waals surface area contributed by atoms with Crippen LogP contribution in [0.3, 0.4) is 0 Å². The molecule has 1 unspecified atom stereocenters. The van der Waals surface area contributed by atoms with Gasteiger partial charge >= 0.3 is 0 Å². The van der Waals surface area contributed by atoms with Gasteiger partial charge in [-0.15, -0.1) is 0 Å². The van der Waals surface area contributed by atoms with E-state index in [0.717, 1.165) is 5.56 Å². The molecule has 1 fully saturated rings. The second-order valence-corrected chi connectivity index (χ2v) is 4.53. The van der Waals surface area contributed by atoms with Crippen molar-refractivity contribution in [1.29, 1.82) is 0 Å². The summed E-state index contributed by atoms with van der Waals surface area (Å²) in [5.74, 6) is 1.47. The molecule has 6 nitrogen and oxygen atoms in total. The number of rotatable bonds is 4. The Morgan fingerprint density at radius 1 is 1.21 bits per heavy atom. The molecule has 6 heteroatoms. The van der Waals surface area contributed by atoms with Crippen molar-refractivity contribution in [2.75, 3.05) is 33.2 Å². The predicted octanol–water partition coefficient (Wildman–Crippen LogP) is 0.626. The summed E-state index contributed by atoms with van der Waals surface area (Å²) in [6.45, 7) is 3.36. The minimum Gasteiger partial charge on any atom is -0.507 e. The zero-order chi connectivity index (χ0) is 13.1. The summed E-state index contributed by atoms with van der Waals surface area (Å²) in [6.07, 6.45) is 0.0740. The second kappa shape index (κ2) is 5.64. The van der Waals surface area contributed by atoms with Gasteiger partial charge in [0, 0.05) is 24.7 Å². The maximum Gasteiger partial charge on any atom is 0.231 e. The summed E-state index contributed by atoms with van der Waals surface area (Å²) >= 11 is 0. The number of benzene rings is 1. The number of hydrogen-bond acceptors (Lipinski definition) is 6. The van der Waals surface area contributed by atoms with Gasteiger partial charge in [0.25, 0.3) is 0 Å². The van der Waals surface area contributed by atoms with Gasteiger partial charge in [-0.1, -0.05) is 0 Å². The zero-order valence-electron chi connectivity index (χ0n) is 10.6. The van der Waals surface area contributed by atoms with Crippen LogP contribution in [0.4, 0.5) is 0 Å². The Labute approximate surface area is 111 Å². The fraction of sp³-hybridized carbons (Fsp3) is 0.538. The molecule has 0 bridgehead atoms. The van der Waals surface area contributed by atoms with Crippen molar-refractivity contribution >= 4 is 0 Å². The highest BCUT2D eigenvalue weighted by Crippen LogP contribution is 2.37. The first-order valence-electron chi connectivity index (χ1n) is 6.34. The lowest BCUT2D eigenvalue weighted by Crippen LogP contribution is -2.37. The Morgan fingerprint density at radius 2 is 2.05 bits per heavy atom. The lowest BCUT2D eigenvalue weighted by molar-refractivity contribution is -0.0864. The first kappa shape index (κ1) is 12.5. The van der Waals surface area contributed by atoms with Crippen LogP contribution in [0.2, 0.25) is 0 Å². The largest absolute Gasteiger partial charge is 0.507 e. The SMILES string of the molecule is Oc1cc2c(cc1CNCC1COCCO1)OCO2. The maximum atomic E-state index is 9.88. The maximum absolute atomic E-state index is 9.88. The first-order chi connectivity index (χ1) is 9.33. The molecule has 0 radical (unpaired) electrons. The van der Waals surface area contributed by atoms with Crippen molar-refractivity contribution in [2.45, 2.75) is 12.6 Å². The third kappa shape index (κ3) is 2.91. The van der Waals surface area contributed by atoms with E-state index in [1.807, 2.05) is 0 Å². The molecule has 0 saturated carbocycles. The highest BCUT2D eigenvalue weighted by Gasteiger charge is 2.18.